The number of halogens is 1. The molecule has 96 valence electrons. The molecule has 0 spiro atoms. The molecule has 18 heavy (non-hydrogen) atoms. The first-order valence-corrected chi connectivity index (χ1v) is 7.67. The Kier molecular flexibility index (Phi) is 3.95. The molecule has 1 nitrogen and oxygen atoms in total. The smallest absolute Gasteiger partial charge is 0.0348 e. The number of aryl methyl sites for hydroxylation is 1. The van der Waals surface area contributed by atoms with E-state index in [-0.39, 0.29) is 5.41 Å². The van der Waals surface area contributed by atoms with Gasteiger partial charge in [-0.05, 0) is 47.2 Å². The van der Waals surface area contributed by atoms with Gasteiger partial charge in [0, 0.05) is 21.3 Å². The van der Waals surface area contributed by atoms with Crippen LogP contribution >= 0.6 is 27.3 Å². The molecule has 0 bridgehead atoms. The maximum atomic E-state index is 5.83. The van der Waals surface area contributed by atoms with Crippen LogP contribution in [0.2, 0.25) is 0 Å². The fourth-order valence-electron chi connectivity index (χ4n) is 1.85. The summed E-state index contributed by atoms with van der Waals surface area (Å²) in [5.74, 6) is 0. The third kappa shape index (κ3) is 2.68. The van der Waals surface area contributed by atoms with Crippen LogP contribution in [0.5, 0.6) is 0 Å². The van der Waals surface area contributed by atoms with Gasteiger partial charge >= 0.3 is 0 Å². The van der Waals surface area contributed by atoms with Crippen molar-refractivity contribution in [3.05, 3.63) is 45.2 Å². The van der Waals surface area contributed by atoms with Crippen LogP contribution in [0.3, 0.4) is 0 Å². The molecule has 2 rings (SSSR count). The zero-order valence-corrected chi connectivity index (χ0v) is 13.4. The predicted molar refractivity (Wildman–Crippen MR) is 84.3 cm³/mol. The first kappa shape index (κ1) is 13.8. The molecule has 0 atom stereocenters. The molecule has 1 aromatic heterocycles. The van der Waals surface area contributed by atoms with E-state index in [1.165, 1.54) is 21.6 Å². The Balaban J connectivity index is 2.41. The summed E-state index contributed by atoms with van der Waals surface area (Å²) in [6.07, 6.45) is 0. The van der Waals surface area contributed by atoms with Gasteiger partial charge in [0.1, 0.15) is 0 Å². The molecule has 0 radical (unpaired) electrons. The lowest BCUT2D eigenvalue weighted by molar-refractivity contribution is 0.541. The normalized spacial score (nSPS) is 11.8. The van der Waals surface area contributed by atoms with Gasteiger partial charge in [-0.15, -0.1) is 11.3 Å². The number of hydrogen-bond donors (Lipinski definition) is 1. The van der Waals surface area contributed by atoms with Crippen molar-refractivity contribution in [1.82, 2.24) is 0 Å². The maximum absolute atomic E-state index is 5.83. The van der Waals surface area contributed by atoms with Crippen molar-refractivity contribution >= 4 is 27.3 Å². The molecule has 2 N–H and O–H groups in total. The zero-order valence-electron chi connectivity index (χ0n) is 11.0. The van der Waals surface area contributed by atoms with Crippen molar-refractivity contribution in [1.29, 1.82) is 0 Å². The highest BCUT2D eigenvalue weighted by atomic mass is 79.9. The maximum Gasteiger partial charge on any atom is 0.0348 e. The predicted octanol–water partition coefficient (Wildman–Crippen LogP) is 4.72. The first-order valence-electron chi connectivity index (χ1n) is 5.99. The molecule has 0 aliphatic heterocycles. The van der Waals surface area contributed by atoms with Gasteiger partial charge in [0.15, 0.2) is 0 Å². The standard InChI is InChI=1S/C15H18BrNS/c1-10-6-12(16)4-5-13(10)14-7-11(8-18-14)15(2,3)9-17/h4-8H,9,17H2,1-3H3. The monoisotopic (exact) mass is 323 g/mol. The summed E-state index contributed by atoms with van der Waals surface area (Å²) < 4.78 is 1.13. The minimum absolute atomic E-state index is 0.0536. The van der Waals surface area contributed by atoms with Crippen molar-refractivity contribution in [3.63, 3.8) is 0 Å². The highest BCUT2D eigenvalue weighted by Gasteiger charge is 2.20. The average Bonchev–Trinajstić information content (AvgIpc) is 2.79. The van der Waals surface area contributed by atoms with Gasteiger partial charge in [-0.2, -0.15) is 0 Å². The van der Waals surface area contributed by atoms with Gasteiger partial charge in [-0.25, -0.2) is 0 Å². The molecule has 0 fully saturated rings. The summed E-state index contributed by atoms with van der Waals surface area (Å²) in [6, 6.07) is 8.69. The highest BCUT2D eigenvalue weighted by Crippen LogP contribution is 2.35. The minimum atomic E-state index is 0.0536. The Morgan fingerprint density at radius 1 is 1.28 bits per heavy atom. The molecule has 0 saturated heterocycles. The Hall–Kier alpha value is -0.640. The number of nitrogens with two attached hydrogens (primary N) is 1. The third-order valence-electron chi connectivity index (χ3n) is 3.35. The molecule has 0 saturated carbocycles. The Bertz CT molecular complexity index is 557. The van der Waals surface area contributed by atoms with Crippen molar-refractivity contribution in [2.45, 2.75) is 26.2 Å². The molecule has 1 heterocycles. The van der Waals surface area contributed by atoms with E-state index in [9.17, 15) is 0 Å². The highest BCUT2D eigenvalue weighted by molar-refractivity contribution is 9.10. The number of hydrogen-bond acceptors (Lipinski definition) is 2. The summed E-state index contributed by atoms with van der Waals surface area (Å²) in [7, 11) is 0. The lowest BCUT2D eigenvalue weighted by Gasteiger charge is -2.20. The van der Waals surface area contributed by atoms with Crippen LogP contribution in [0.25, 0.3) is 10.4 Å². The van der Waals surface area contributed by atoms with Gasteiger partial charge in [0.05, 0.1) is 0 Å². The van der Waals surface area contributed by atoms with E-state index in [1.807, 2.05) is 0 Å². The van der Waals surface area contributed by atoms with Crippen molar-refractivity contribution in [2.24, 2.45) is 5.73 Å². The van der Waals surface area contributed by atoms with E-state index >= 15 is 0 Å². The van der Waals surface area contributed by atoms with E-state index < -0.39 is 0 Å². The number of benzene rings is 1. The van der Waals surface area contributed by atoms with Gasteiger partial charge in [0.2, 0.25) is 0 Å². The summed E-state index contributed by atoms with van der Waals surface area (Å²) in [6.45, 7) is 7.19. The Morgan fingerprint density at radius 2 is 2.00 bits per heavy atom. The lowest BCUT2D eigenvalue weighted by Crippen LogP contribution is -2.27. The quantitative estimate of drug-likeness (QED) is 0.868. The van der Waals surface area contributed by atoms with Gasteiger partial charge in [-0.3, -0.25) is 0 Å². The molecule has 2 aromatic rings. The molecule has 0 unspecified atom stereocenters. The second-order valence-electron chi connectivity index (χ2n) is 5.25. The van der Waals surface area contributed by atoms with Crippen LogP contribution in [0.4, 0.5) is 0 Å². The second-order valence-corrected chi connectivity index (χ2v) is 7.07. The van der Waals surface area contributed by atoms with Crippen LogP contribution in [-0.2, 0) is 5.41 Å². The van der Waals surface area contributed by atoms with E-state index in [0.717, 1.165) is 4.47 Å². The molecular weight excluding hydrogens is 306 g/mol. The average molecular weight is 324 g/mol. The van der Waals surface area contributed by atoms with Crippen molar-refractivity contribution < 1.29 is 0 Å². The van der Waals surface area contributed by atoms with Crippen molar-refractivity contribution in [2.75, 3.05) is 6.54 Å². The summed E-state index contributed by atoms with van der Waals surface area (Å²) in [4.78, 5) is 1.32. The van der Waals surface area contributed by atoms with Crippen molar-refractivity contribution in [3.8, 4) is 10.4 Å². The van der Waals surface area contributed by atoms with Crippen LogP contribution in [0, 0.1) is 6.92 Å². The van der Waals surface area contributed by atoms with Crippen LogP contribution in [0.1, 0.15) is 25.0 Å². The fraction of sp³-hybridized carbons (Fsp3) is 0.333. The van der Waals surface area contributed by atoms with Gasteiger partial charge in [-0.1, -0.05) is 35.8 Å². The minimum Gasteiger partial charge on any atom is -0.330 e. The fourth-order valence-corrected chi connectivity index (χ4v) is 3.52. The van der Waals surface area contributed by atoms with E-state index in [1.54, 1.807) is 11.3 Å². The third-order valence-corrected chi connectivity index (χ3v) is 4.80. The Morgan fingerprint density at radius 3 is 2.61 bits per heavy atom. The van der Waals surface area contributed by atoms with Gasteiger partial charge in [0.25, 0.3) is 0 Å². The molecule has 1 aromatic carbocycles. The molecule has 0 aliphatic rings. The van der Waals surface area contributed by atoms with E-state index in [2.05, 4.69) is 66.3 Å². The lowest BCUT2D eigenvalue weighted by atomic mass is 9.86. The molecular formula is C15H18BrNS. The van der Waals surface area contributed by atoms with Crippen LogP contribution < -0.4 is 5.73 Å². The SMILES string of the molecule is Cc1cc(Br)ccc1-c1cc(C(C)(C)CN)cs1. The van der Waals surface area contributed by atoms with E-state index in [4.69, 9.17) is 5.73 Å². The Labute approximate surface area is 121 Å². The largest absolute Gasteiger partial charge is 0.330 e. The van der Waals surface area contributed by atoms with Gasteiger partial charge < -0.3 is 5.73 Å². The topological polar surface area (TPSA) is 26.0 Å². The van der Waals surface area contributed by atoms with E-state index in [0.29, 0.717) is 6.54 Å². The summed E-state index contributed by atoms with van der Waals surface area (Å²) in [5, 5.41) is 2.23. The number of thiophene rings is 1. The van der Waals surface area contributed by atoms with Crippen LogP contribution in [0.15, 0.2) is 34.1 Å². The summed E-state index contributed by atoms with van der Waals surface area (Å²) >= 11 is 5.30. The second kappa shape index (κ2) is 5.16. The molecule has 3 heteroatoms. The molecule has 0 amide bonds. The molecule has 0 aliphatic carbocycles. The van der Waals surface area contributed by atoms with Crippen LogP contribution in [-0.4, -0.2) is 6.54 Å². The first-order chi connectivity index (χ1) is 8.44. The summed E-state index contributed by atoms with van der Waals surface area (Å²) in [5.41, 5.74) is 9.82. The number of rotatable bonds is 3. The zero-order chi connectivity index (χ0) is 13.3.